The topological polar surface area (TPSA) is 83.5 Å². The molecule has 0 saturated heterocycles. The van der Waals surface area contributed by atoms with Gasteiger partial charge in [0, 0.05) is 13.0 Å². The number of benzene rings is 1. The van der Waals surface area contributed by atoms with Gasteiger partial charge in [-0.1, -0.05) is 19.1 Å². The Kier molecular flexibility index (Phi) is 5.00. The second-order valence-corrected chi connectivity index (χ2v) is 7.47. The molecule has 0 radical (unpaired) electrons. The molecule has 2 N–H and O–H groups in total. The first-order chi connectivity index (χ1) is 9.88. The Morgan fingerprint density at radius 3 is 2.48 bits per heavy atom. The van der Waals surface area contributed by atoms with Crippen LogP contribution in [0.1, 0.15) is 31.7 Å². The van der Waals surface area contributed by atoms with Crippen LogP contribution in [0.4, 0.5) is 0 Å². The Hall–Kier alpha value is -1.40. The molecule has 1 aromatic carbocycles. The van der Waals surface area contributed by atoms with Crippen molar-refractivity contribution in [2.24, 2.45) is 11.8 Å². The van der Waals surface area contributed by atoms with Crippen molar-refractivity contribution in [1.82, 2.24) is 4.72 Å². The fourth-order valence-corrected chi connectivity index (χ4v) is 3.39. The van der Waals surface area contributed by atoms with Gasteiger partial charge in [-0.3, -0.25) is 4.79 Å². The molecule has 0 spiro atoms. The van der Waals surface area contributed by atoms with E-state index in [4.69, 9.17) is 5.11 Å². The average Bonchev–Trinajstić information content (AvgIpc) is 3.27. The molecule has 0 heterocycles. The Balaban J connectivity index is 1.94. The maximum atomic E-state index is 12.2. The number of aliphatic carboxylic acids is 1. The predicted octanol–water partition coefficient (Wildman–Crippen LogP) is 2.03. The van der Waals surface area contributed by atoms with E-state index >= 15 is 0 Å². The second-order valence-electron chi connectivity index (χ2n) is 5.70. The number of carboxylic acid groups (broad SMARTS) is 1. The Labute approximate surface area is 125 Å². The molecule has 0 aromatic heterocycles. The predicted molar refractivity (Wildman–Crippen MR) is 79.5 cm³/mol. The normalized spacial score (nSPS) is 16.6. The van der Waals surface area contributed by atoms with Gasteiger partial charge in [0.15, 0.2) is 0 Å². The summed E-state index contributed by atoms with van der Waals surface area (Å²) < 4.78 is 26.9. The summed E-state index contributed by atoms with van der Waals surface area (Å²) in [5, 5.41) is 8.62. The molecule has 116 valence electrons. The molecule has 1 aromatic rings. The third kappa shape index (κ3) is 4.82. The molecule has 0 amide bonds. The zero-order chi connectivity index (χ0) is 15.5. The summed E-state index contributed by atoms with van der Waals surface area (Å²) in [4.78, 5) is 10.7. The Morgan fingerprint density at radius 1 is 1.33 bits per heavy atom. The summed E-state index contributed by atoms with van der Waals surface area (Å²) in [7, 11) is -3.48. The molecule has 1 atom stereocenters. The summed E-state index contributed by atoms with van der Waals surface area (Å²) in [5.74, 6) is 0.170. The Bertz CT molecular complexity index is 591. The zero-order valence-corrected chi connectivity index (χ0v) is 12.9. The minimum atomic E-state index is -3.48. The first-order valence-corrected chi connectivity index (χ1v) is 8.67. The summed E-state index contributed by atoms with van der Waals surface area (Å²) in [6.45, 7) is 2.53. The summed E-state index contributed by atoms with van der Waals surface area (Å²) >= 11 is 0. The van der Waals surface area contributed by atoms with E-state index in [1.165, 1.54) is 25.0 Å². The summed E-state index contributed by atoms with van der Waals surface area (Å²) in [5.41, 5.74) is 0.822. The number of hydrogen-bond donors (Lipinski definition) is 2. The summed E-state index contributed by atoms with van der Waals surface area (Å²) in [6, 6.07) is 6.40. The molecule has 5 nitrogen and oxygen atoms in total. The van der Waals surface area contributed by atoms with Crippen molar-refractivity contribution < 1.29 is 18.3 Å². The van der Waals surface area contributed by atoms with Gasteiger partial charge >= 0.3 is 5.97 Å². The van der Waals surface area contributed by atoms with E-state index in [0.29, 0.717) is 24.8 Å². The van der Waals surface area contributed by atoms with Crippen molar-refractivity contribution in [3.63, 3.8) is 0 Å². The highest BCUT2D eigenvalue weighted by molar-refractivity contribution is 7.89. The molecule has 2 rings (SSSR count). The van der Waals surface area contributed by atoms with E-state index in [1.807, 2.05) is 0 Å². The van der Waals surface area contributed by atoms with Gasteiger partial charge in [0.05, 0.1) is 4.90 Å². The molecule has 1 fully saturated rings. The van der Waals surface area contributed by atoms with Crippen LogP contribution < -0.4 is 4.72 Å². The maximum absolute atomic E-state index is 12.2. The standard InChI is InChI=1S/C15H21NO4S/c1-11(13-5-6-13)10-16-21(19,20)14-7-2-12(3-8-14)4-9-15(17)18/h2-3,7-8,11,13,16H,4-6,9-10H2,1H3,(H,17,18). The Morgan fingerprint density at radius 2 is 1.95 bits per heavy atom. The van der Waals surface area contributed by atoms with Gasteiger partial charge in [-0.05, 0) is 48.8 Å². The first kappa shape index (κ1) is 16.0. The van der Waals surface area contributed by atoms with E-state index in [-0.39, 0.29) is 11.3 Å². The van der Waals surface area contributed by atoms with Crippen molar-refractivity contribution in [2.45, 2.75) is 37.5 Å². The quantitative estimate of drug-likeness (QED) is 0.769. The minimum absolute atomic E-state index is 0.0449. The van der Waals surface area contributed by atoms with Gasteiger partial charge in [0.1, 0.15) is 0 Å². The SMILES string of the molecule is CC(CNS(=O)(=O)c1ccc(CCC(=O)O)cc1)C1CC1. The van der Waals surface area contributed by atoms with Gasteiger partial charge in [-0.2, -0.15) is 0 Å². The molecule has 1 unspecified atom stereocenters. The highest BCUT2D eigenvalue weighted by Gasteiger charge is 2.28. The molecular formula is C15H21NO4S. The largest absolute Gasteiger partial charge is 0.481 e. The van der Waals surface area contributed by atoms with Gasteiger partial charge in [0.25, 0.3) is 0 Å². The van der Waals surface area contributed by atoms with Gasteiger partial charge in [-0.25, -0.2) is 13.1 Å². The smallest absolute Gasteiger partial charge is 0.303 e. The van der Waals surface area contributed by atoms with Crippen LogP contribution in [0.3, 0.4) is 0 Å². The molecule has 6 heteroatoms. The summed E-state index contributed by atoms with van der Waals surface area (Å²) in [6.07, 6.45) is 2.84. The molecule has 0 bridgehead atoms. The van der Waals surface area contributed by atoms with Crippen LogP contribution in [0.15, 0.2) is 29.2 Å². The molecular weight excluding hydrogens is 290 g/mol. The van der Waals surface area contributed by atoms with E-state index in [0.717, 1.165) is 5.56 Å². The van der Waals surface area contributed by atoms with Crippen molar-refractivity contribution in [3.05, 3.63) is 29.8 Å². The molecule has 1 aliphatic rings. The number of nitrogens with one attached hydrogen (secondary N) is 1. The third-order valence-electron chi connectivity index (χ3n) is 3.88. The van der Waals surface area contributed by atoms with E-state index in [9.17, 15) is 13.2 Å². The highest BCUT2D eigenvalue weighted by Crippen LogP contribution is 2.36. The highest BCUT2D eigenvalue weighted by atomic mass is 32.2. The van der Waals surface area contributed by atoms with Crippen molar-refractivity contribution in [2.75, 3.05) is 6.54 Å². The van der Waals surface area contributed by atoms with Crippen molar-refractivity contribution in [3.8, 4) is 0 Å². The third-order valence-corrected chi connectivity index (χ3v) is 5.32. The zero-order valence-electron chi connectivity index (χ0n) is 12.1. The van der Waals surface area contributed by atoms with E-state index < -0.39 is 16.0 Å². The van der Waals surface area contributed by atoms with Gasteiger partial charge in [-0.15, -0.1) is 0 Å². The van der Waals surface area contributed by atoms with E-state index in [2.05, 4.69) is 11.6 Å². The molecule has 0 aliphatic heterocycles. The van der Waals surface area contributed by atoms with Crippen molar-refractivity contribution in [1.29, 1.82) is 0 Å². The monoisotopic (exact) mass is 311 g/mol. The van der Waals surface area contributed by atoms with Gasteiger partial charge in [0.2, 0.25) is 10.0 Å². The van der Waals surface area contributed by atoms with Crippen LogP contribution in [-0.2, 0) is 21.2 Å². The number of rotatable bonds is 8. The average molecular weight is 311 g/mol. The van der Waals surface area contributed by atoms with Crippen LogP contribution in [-0.4, -0.2) is 26.0 Å². The van der Waals surface area contributed by atoms with Crippen LogP contribution in [0.25, 0.3) is 0 Å². The van der Waals surface area contributed by atoms with Crippen molar-refractivity contribution >= 4 is 16.0 Å². The fraction of sp³-hybridized carbons (Fsp3) is 0.533. The number of carbonyl (C=O) groups is 1. The number of carboxylic acids is 1. The lowest BCUT2D eigenvalue weighted by Crippen LogP contribution is -2.29. The number of sulfonamides is 1. The number of aryl methyl sites for hydroxylation is 1. The molecule has 1 saturated carbocycles. The number of hydrogen-bond acceptors (Lipinski definition) is 3. The molecule has 1 aliphatic carbocycles. The maximum Gasteiger partial charge on any atom is 0.303 e. The molecule has 21 heavy (non-hydrogen) atoms. The lowest BCUT2D eigenvalue weighted by Gasteiger charge is -2.12. The minimum Gasteiger partial charge on any atom is -0.481 e. The van der Waals surface area contributed by atoms with Crippen LogP contribution in [0.5, 0.6) is 0 Å². The lowest BCUT2D eigenvalue weighted by molar-refractivity contribution is -0.136. The van der Waals surface area contributed by atoms with Crippen LogP contribution in [0, 0.1) is 11.8 Å². The first-order valence-electron chi connectivity index (χ1n) is 7.19. The van der Waals surface area contributed by atoms with E-state index in [1.54, 1.807) is 12.1 Å². The fourth-order valence-electron chi connectivity index (χ4n) is 2.24. The second kappa shape index (κ2) is 6.58. The van der Waals surface area contributed by atoms with Crippen LogP contribution >= 0.6 is 0 Å². The lowest BCUT2D eigenvalue weighted by atomic mass is 10.1. The van der Waals surface area contributed by atoms with Crippen LogP contribution in [0.2, 0.25) is 0 Å². The van der Waals surface area contributed by atoms with Gasteiger partial charge < -0.3 is 5.11 Å².